The number of halogens is 1. The summed E-state index contributed by atoms with van der Waals surface area (Å²) in [4.78, 5) is 10.6. The van der Waals surface area contributed by atoms with Crippen LogP contribution in [0.5, 0.6) is 5.75 Å². The number of benzene rings is 1. The molecule has 0 amide bonds. The Bertz CT molecular complexity index is 375. The van der Waals surface area contributed by atoms with Gasteiger partial charge in [0.25, 0.3) is 0 Å². The van der Waals surface area contributed by atoms with Gasteiger partial charge in [-0.1, -0.05) is 13.8 Å². The van der Waals surface area contributed by atoms with E-state index in [2.05, 4.69) is 0 Å². The molecule has 1 aromatic rings. The van der Waals surface area contributed by atoms with Crippen molar-refractivity contribution in [3.8, 4) is 5.75 Å². The minimum atomic E-state index is -1.15. The minimum absolute atomic E-state index is 0.0753. The molecule has 0 aliphatic heterocycles. The van der Waals surface area contributed by atoms with Gasteiger partial charge in [-0.25, -0.2) is 9.18 Å². The van der Waals surface area contributed by atoms with Crippen molar-refractivity contribution in [1.29, 1.82) is 0 Å². The molecule has 88 valence electrons. The van der Waals surface area contributed by atoms with Gasteiger partial charge in [0.2, 0.25) is 0 Å². The molecular formula is C12H15FO3. The van der Waals surface area contributed by atoms with Crippen molar-refractivity contribution in [1.82, 2.24) is 0 Å². The average Bonchev–Trinajstić information content (AvgIpc) is 2.19. The van der Waals surface area contributed by atoms with Gasteiger partial charge in [0, 0.05) is 0 Å². The minimum Gasteiger partial charge on any atom is -0.491 e. The Hall–Kier alpha value is -1.58. The van der Waals surface area contributed by atoms with Crippen LogP contribution in [0.3, 0.4) is 0 Å². The van der Waals surface area contributed by atoms with Crippen LogP contribution in [0.2, 0.25) is 0 Å². The van der Waals surface area contributed by atoms with Crippen LogP contribution in [-0.2, 0) is 0 Å². The molecule has 16 heavy (non-hydrogen) atoms. The molecule has 0 saturated carbocycles. The van der Waals surface area contributed by atoms with Crippen molar-refractivity contribution in [3.63, 3.8) is 0 Å². The van der Waals surface area contributed by atoms with E-state index in [-0.39, 0.29) is 11.3 Å². The molecular weight excluding hydrogens is 211 g/mol. The topological polar surface area (TPSA) is 46.5 Å². The summed E-state index contributed by atoms with van der Waals surface area (Å²) in [5.74, 6) is -1.19. The summed E-state index contributed by atoms with van der Waals surface area (Å²) in [6, 6.07) is 3.64. The fourth-order valence-electron chi connectivity index (χ4n) is 1.16. The van der Waals surface area contributed by atoms with Gasteiger partial charge in [-0.05, 0) is 30.5 Å². The lowest BCUT2D eigenvalue weighted by molar-refractivity contribution is 0.0696. The maximum atomic E-state index is 13.3. The number of carboxylic acids is 1. The van der Waals surface area contributed by atoms with Crippen LogP contribution in [0.4, 0.5) is 4.39 Å². The summed E-state index contributed by atoms with van der Waals surface area (Å²) < 4.78 is 18.6. The maximum Gasteiger partial charge on any atom is 0.335 e. The first-order valence-electron chi connectivity index (χ1n) is 5.16. The molecule has 1 N–H and O–H groups in total. The number of ether oxygens (including phenoxy) is 1. The zero-order valence-corrected chi connectivity index (χ0v) is 9.37. The van der Waals surface area contributed by atoms with E-state index in [4.69, 9.17) is 9.84 Å². The summed E-state index contributed by atoms with van der Waals surface area (Å²) in [6.07, 6.45) is 0.833. The maximum absolute atomic E-state index is 13.3. The third-order valence-corrected chi connectivity index (χ3v) is 2.13. The van der Waals surface area contributed by atoms with E-state index in [0.717, 1.165) is 12.5 Å². The van der Waals surface area contributed by atoms with Crippen molar-refractivity contribution in [3.05, 3.63) is 29.6 Å². The molecule has 4 heteroatoms. The van der Waals surface area contributed by atoms with Gasteiger partial charge >= 0.3 is 5.97 Å². The van der Waals surface area contributed by atoms with Crippen LogP contribution in [0.25, 0.3) is 0 Å². The monoisotopic (exact) mass is 226 g/mol. The molecule has 0 atom stereocenters. The van der Waals surface area contributed by atoms with Gasteiger partial charge in [0.1, 0.15) is 0 Å². The smallest absolute Gasteiger partial charge is 0.335 e. The van der Waals surface area contributed by atoms with Crippen molar-refractivity contribution < 1.29 is 19.0 Å². The lowest BCUT2D eigenvalue weighted by Gasteiger charge is -2.09. The molecule has 0 aliphatic rings. The van der Waals surface area contributed by atoms with E-state index < -0.39 is 11.8 Å². The Balaban J connectivity index is 2.64. The molecule has 1 rings (SSSR count). The number of carboxylic acid groups (broad SMARTS) is 1. The van der Waals surface area contributed by atoms with Crippen molar-refractivity contribution in [2.24, 2.45) is 5.92 Å². The zero-order valence-electron chi connectivity index (χ0n) is 9.37. The summed E-state index contributed by atoms with van der Waals surface area (Å²) in [5, 5.41) is 8.64. The first-order chi connectivity index (χ1) is 7.50. The highest BCUT2D eigenvalue weighted by Gasteiger charge is 2.09. The lowest BCUT2D eigenvalue weighted by atomic mass is 10.1. The fourth-order valence-corrected chi connectivity index (χ4v) is 1.16. The van der Waals surface area contributed by atoms with E-state index in [1.165, 1.54) is 12.1 Å². The van der Waals surface area contributed by atoms with E-state index in [1.54, 1.807) is 0 Å². The van der Waals surface area contributed by atoms with Crippen LogP contribution in [0, 0.1) is 11.7 Å². The Morgan fingerprint density at radius 2 is 2.19 bits per heavy atom. The third-order valence-electron chi connectivity index (χ3n) is 2.13. The molecule has 0 fully saturated rings. The van der Waals surface area contributed by atoms with Gasteiger partial charge in [0.15, 0.2) is 11.6 Å². The molecule has 0 unspecified atom stereocenters. The highest BCUT2D eigenvalue weighted by Crippen LogP contribution is 2.19. The second-order valence-electron chi connectivity index (χ2n) is 3.98. The molecule has 0 bridgehead atoms. The van der Waals surface area contributed by atoms with E-state index in [1.807, 2.05) is 13.8 Å². The highest BCUT2D eigenvalue weighted by atomic mass is 19.1. The van der Waals surface area contributed by atoms with Crippen molar-refractivity contribution in [2.45, 2.75) is 20.3 Å². The average molecular weight is 226 g/mol. The Kier molecular flexibility index (Phi) is 4.28. The van der Waals surface area contributed by atoms with Crippen LogP contribution in [0.15, 0.2) is 18.2 Å². The van der Waals surface area contributed by atoms with Gasteiger partial charge in [-0.2, -0.15) is 0 Å². The van der Waals surface area contributed by atoms with Gasteiger partial charge < -0.3 is 9.84 Å². The van der Waals surface area contributed by atoms with Crippen molar-refractivity contribution >= 4 is 5.97 Å². The third kappa shape index (κ3) is 3.53. The molecule has 0 radical (unpaired) electrons. The summed E-state index contributed by atoms with van der Waals surface area (Å²) in [7, 11) is 0. The number of hydrogen-bond donors (Lipinski definition) is 1. The molecule has 0 aliphatic carbocycles. The molecule has 0 heterocycles. The summed E-state index contributed by atoms with van der Waals surface area (Å²) >= 11 is 0. The fraction of sp³-hybridized carbons (Fsp3) is 0.417. The second kappa shape index (κ2) is 5.49. The van der Waals surface area contributed by atoms with Gasteiger partial charge in [-0.15, -0.1) is 0 Å². The quantitative estimate of drug-likeness (QED) is 0.839. The first kappa shape index (κ1) is 12.5. The van der Waals surface area contributed by atoms with E-state index in [9.17, 15) is 9.18 Å². The van der Waals surface area contributed by atoms with Gasteiger partial charge in [0.05, 0.1) is 12.2 Å². The van der Waals surface area contributed by atoms with Crippen molar-refractivity contribution in [2.75, 3.05) is 6.61 Å². The number of rotatable bonds is 5. The predicted octanol–water partition coefficient (Wildman–Crippen LogP) is 2.95. The standard InChI is InChI=1S/C12H15FO3/c1-8(2)5-6-16-11-4-3-9(12(14)15)7-10(11)13/h3-4,7-8H,5-6H2,1-2H3,(H,14,15). The Morgan fingerprint density at radius 1 is 1.50 bits per heavy atom. The van der Waals surface area contributed by atoms with E-state index in [0.29, 0.717) is 12.5 Å². The molecule has 3 nitrogen and oxygen atoms in total. The zero-order chi connectivity index (χ0) is 12.1. The van der Waals surface area contributed by atoms with Crippen LogP contribution in [-0.4, -0.2) is 17.7 Å². The SMILES string of the molecule is CC(C)CCOc1ccc(C(=O)O)cc1F. The van der Waals surface area contributed by atoms with Gasteiger partial charge in [-0.3, -0.25) is 0 Å². The number of hydrogen-bond acceptors (Lipinski definition) is 2. The number of aromatic carboxylic acids is 1. The molecule has 0 aromatic heterocycles. The normalized spacial score (nSPS) is 10.5. The summed E-state index contributed by atoms with van der Waals surface area (Å²) in [5.41, 5.74) is -0.0753. The number of carbonyl (C=O) groups is 1. The lowest BCUT2D eigenvalue weighted by Crippen LogP contribution is -2.04. The molecule has 0 saturated heterocycles. The second-order valence-corrected chi connectivity index (χ2v) is 3.98. The highest BCUT2D eigenvalue weighted by molar-refractivity contribution is 5.87. The Morgan fingerprint density at radius 3 is 2.69 bits per heavy atom. The van der Waals surface area contributed by atoms with E-state index >= 15 is 0 Å². The predicted molar refractivity (Wildman–Crippen MR) is 58.3 cm³/mol. The van der Waals surface area contributed by atoms with Crippen LogP contribution >= 0.6 is 0 Å². The largest absolute Gasteiger partial charge is 0.491 e. The molecule has 1 aromatic carbocycles. The van der Waals surface area contributed by atoms with Crippen LogP contribution in [0.1, 0.15) is 30.6 Å². The van der Waals surface area contributed by atoms with Crippen LogP contribution < -0.4 is 4.74 Å². The Labute approximate surface area is 93.9 Å². The summed E-state index contributed by atoms with van der Waals surface area (Å²) in [6.45, 7) is 4.53. The molecule has 0 spiro atoms. The first-order valence-corrected chi connectivity index (χ1v) is 5.16.